The Kier molecular flexibility index (Phi) is 5.16. The van der Waals surface area contributed by atoms with E-state index in [4.69, 9.17) is 4.74 Å². The first-order valence-corrected chi connectivity index (χ1v) is 7.51. The molecule has 5 nitrogen and oxygen atoms in total. The number of carbonyl (C=O) groups excluding carboxylic acids is 2. The van der Waals surface area contributed by atoms with Crippen molar-refractivity contribution in [1.82, 2.24) is 9.80 Å². The van der Waals surface area contributed by atoms with Gasteiger partial charge in [-0.25, -0.2) is 8.78 Å². The smallest absolute Gasteiger partial charge is 0.282 e. The van der Waals surface area contributed by atoms with Crippen molar-refractivity contribution in [2.45, 2.75) is 25.9 Å². The van der Waals surface area contributed by atoms with E-state index in [1.165, 1.54) is 29.7 Å². The van der Waals surface area contributed by atoms with Crippen LogP contribution in [-0.4, -0.2) is 66.7 Å². The van der Waals surface area contributed by atoms with Crippen molar-refractivity contribution in [1.29, 1.82) is 0 Å². The molecule has 0 bridgehead atoms. The number of halogens is 2. The number of hydrogen-bond acceptors (Lipinski definition) is 3. The average Bonchev–Trinajstić information content (AvgIpc) is 2.93. The molecule has 2 aliphatic heterocycles. The van der Waals surface area contributed by atoms with E-state index in [1.54, 1.807) is 0 Å². The maximum Gasteiger partial charge on any atom is 0.282 e. The minimum absolute atomic E-state index is 0.246. The Bertz CT molecular complexity index is 468. The fourth-order valence-electron chi connectivity index (χ4n) is 2.68. The van der Waals surface area contributed by atoms with E-state index < -0.39 is 23.3 Å². The Balaban J connectivity index is 1.93. The predicted octanol–water partition coefficient (Wildman–Crippen LogP) is 1.30. The van der Waals surface area contributed by atoms with Crippen LogP contribution in [-0.2, 0) is 14.3 Å². The summed E-state index contributed by atoms with van der Waals surface area (Å²) in [7, 11) is 0. The second-order valence-electron chi connectivity index (χ2n) is 6.19. The van der Waals surface area contributed by atoms with Gasteiger partial charge in [0.2, 0.25) is 0 Å². The van der Waals surface area contributed by atoms with Crippen LogP contribution >= 0.6 is 0 Å². The Hall–Kier alpha value is -1.50. The highest BCUT2D eigenvalue weighted by molar-refractivity contribution is 5.91. The molecule has 124 valence electrons. The molecule has 2 aliphatic rings. The number of amides is 2. The topological polar surface area (TPSA) is 49.9 Å². The number of hydrogen-bond donors (Lipinski definition) is 0. The van der Waals surface area contributed by atoms with Gasteiger partial charge in [0.05, 0.1) is 13.2 Å². The molecule has 0 aliphatic carbocycles. The Morgan fingerprint density at radius 3 is 2.41 bits per heavy atom. The first-order valence-electron chi connectivity index (χ1n) is 7.51. The largest absolute Gasteiger partial charge is 0.378 e. The lowest BCUT2D eigenvalue weighted by atomic mass is 10.1. The predicted molar refractivity (Wildman–Crippen MR) is 76.5 cm³/mol. The lowest BCUT2D eigenvalue weighted by molar-refractivity contribution is -0.140. The molecule has 0 aromatic rings. The van der Waals surface area contributed by atoms with Gasteiger partial charge in [-0.3, -0.25) is 9.59 Å². The van der Waals surface area contributed by atoms with Crippen molar-refractivity contribution >= 4 is 11.8 Å². The molecular formula is C15H22F2N2O3. The van der Waals surface area contributed by atoms with Gasteiger partial charge in [0.1, 0.15) is 0 Å². The third kappa shape index (κ3) is 4.03. The summed E-state index contributed by atoms with van der Waals surface area (Å²) in [6.07, 6.45) is 1.79. The number of nitrogens with zero attached hydrogens (tertiary/aromatic N) is 2. The molecule has 7 heteroatoms. The number of carbonyl (C=O) groups is 2. The van der Waals surface area contributed by atoms with Crippen LogP contribution < -0.4 is 0 Å². The molecule has 0 aromatic carbocycles. The number of alkyl halides is 1. The molecule has 2 heterocycles. The van der Waals surface area contributed by atoms with Gasteiger partial charge in [-0.1, -0.05) is 0 Å². The molecule has 0 aromatic heterocycles. The molecule has 0 spiro atoms. The first-order chi connectivity index (χ1) is 10.3. The second-order valence-corrected chi connectivity index (χ2v) is 6.19. The normalized spacial score (nSPS) is 23.8. The second kappa shape index (κ2) is 6.73. The Labute approximate surface area is 128 Å². The number of morpholine rings is 1. The van der Waals surface area contributed by atoms with Crippen molar-refractivity contribution in [3.8, 4) is 0 Å². The van der Waals surface area contributed by atoms with Crippen LogP contribution in [0.4, 0.5) is 8.78 Å². The summed E-state index contributed by atoms with van der Waals surface area (Å²) >= 11 is 0. The highest BCUT2D eigenvalue weighted by Crippen LogP contribution is 2.24. The fraction of sp³-hybridized carbons (Fsp3) is 0.733. The molecule has 2 rings (SSSR count). The van der Waals surface area contributed by atoms with E-state index in [9.17, 15) is 18.4 Å². The standard InChI is InChI=1S/C15H22F2N2O3/c1-15(2,17)14(21)19-4-3-11(10-19)9-12(16)13(20)18-5-7-22-8-6-18/h9,11H,3-8,10H2,1-2H3/b12-9-. The molecular weight excluding hydrogens is 294 g/mol. The first kappa shape index (κ1) is 16.9. The van der Waals surface area contributed by atoms with Gasteiger partial charge in [-0.15, -0.1) is 0 Å². The van der Waals surface area contributed by atoms with Gasteiger partial charge in [-0.05, 0) is 32.3 Å². The molecule has 0 saturated carbocycles. The van der Waals surface area contributed by atoms with Crippen LogP contribution in [0.25, 0.3) is 0 Å². The van der Waals surface area contributed by atoms with E-state index in [1.807, 2.05) is 0 Å². The van der Waals surface area contributed by atoms with Gasteiger partial charge >= 0.3 is 0 Å². The van der Waals surface area contributed by atoms with Crippen LogP contribution in [0, 0.1) is 5.92 Å². The van der Waals surface area contributed by atoms with Crippen molar-refractivity contribution in [2.24, 2.45) is 5.92 Å². The van der Waals surface area contributed by atoms with Crippen LogP contribution in [0.1, 0.15) is 20.3 Å². The average molecular weight is 316 g/mol. The summed E-state index contributed by atoms with van der Waals surface area (Å²) in [6.45, 7) is 4.63. The summed E-state index contributed by atoms with van der Waals surface area (Å²) in [5, 5.41) is 0. The molecule has 22 heavy (non-hydrogen) atoms. The Morgan fingerprint density at radius 1 is 1.18 bits per heavy atom. The van der Waals surface area contributed by atoms with Crippen LogP contribution in [0.3, 0.4) is 0 Å². The van der Waals surface area contributed by atoms with E-state index >= 15 is 0 Å². The monoisotopic (exact) mass is 316 g/mol. The zero-order chi connectivity index (χ0) is 16.3. The molecule has 2 saturated heterocycles. The third-order valence-corrected chi connectivity index (χ3v) is 3.91. The van der Waals surface area contributed by atoms with E-state index in [0.29, 0.717) is 39.3 Å². The van der Waals surface area contributed by atoms with E-state index in [2.05, 4.69) is 0 Å². The van der Waals surface area contributed by atoms with Gasteiger partial charge in [0, 0.05) is 26.2 Å². The number of rotatable bonds is 3. The number of likely N-dealkylation sites (tertiary alicyclic amines) is 1. The maximum atomic E-state index is 14.0. The van der Waals surface area contributed by atoms with Crippen LogP contribution in [0.5, 0.6) is 0 Å². The van der Waals surface area contributed by atoms with Gasteiger partial charge < -0.3 is 14.5 Å². The third-order valence-electron chi connectivity index (χ3n) is 3.91. The molecule has 2 amide bonds. The zero-order valence-corrected chi connectivity index (χ0v) is 13.0. The maximum absolute atomic E-state index is 14.0. The summed E-state index contributed by atoms with van der Waals surface area (Å²) in [5.74, 6) is -2.29. The summed E-state index contributed by atoms with van der Waals surface area (Å²) in [4.78, 5) is 26.6. The Morgan fingerprint density at radius 2 is 1.82 bits per heavy atom. The molecule has 1 atom stereocenters. The molecule has 2 fully saturated rings. The van der Waals surface area contributed by atoms with Crippen LogP contribution in [0.2, 0.25) is 0 Å². The van der Waals surface area contributed by atoms with Gasteiger partial charge in [0.15, 0.2) is 11.5 Å². The van der Waals surface area contributed by atoms with Crippen molar-refractivity contribution < 1.29 is 23.1 Å². The highest BCUT2D eigenvalue weighted by atomic mass is 19.1. The van der Waals surface area contributed by atoms with Crippen LogP contribution in [0.15, 0.2) is 11.9 Å². The number of ether oxygens (including phenoxy) is 1. The van der Waals surface area contributed by atoms with Crippen molar-refractivity contribution in [3.05, 3.63) is 11.9 Å². The fourth-order valence-corrected chi connectivity index (χ4v) is 2.68. The van der Waals surface area contributed by atoms with Crippen molar-refractivity contribution in [2.75, 3.05) is 39.4 Å². The zero-order valence-electron chi connectivity index (χ0n) is 13.0. The lowest BCUT2D eigenvalue weighted by Gasteiger charge is -2.26. The summed E-state index contributed by atoms with van der Waals surface area (Å²) in [5.41, 5.74) is -1.93. The summed E-state index contributed by atoms with van der Waals surface area (Å²) < 4.78 is 32.8. The minimum atomic E-state index is -1.93. The molecule has 0 N–H and O–H groups in total. The molecule has 0 radical (unpaired) electrons. The van der Waals surface area contributed by atoms with Crippen molar-refractivity contribution in [3.63, 3.8) is 0 Å². The van der Waals surface area contributed by atoms with Gasteiger partial charge in [0.25, 0.3) is 11.8 Å². The van der Waals surface area contributed by atoms with Gasteiger partial charge in [-0.2, -0.15) is 0 Å². The SMILES string of the molecule is CC(C)(F)C(=O)N1CCC(/C=C(\F)C(=O)N2CCOCC2)C1. The lowest BCUT2D eigenvalue weighted by Crippen LogP contribution is -2.41. The van der Waals surface area contributed by atoms with E-state index in [-0.39, 0.29) is 12.5 Å². The quantitative estimate of drug-likeness (QED) is 0.737. The molecule has 1 unspecified atom stereocenters. The highest BCUT2D eigenvalue weighted by Gasteiger charge is 2.35. The summed E-state index contributed by atoms with van der Waals surface area (Å²) in [6, 6.07) is 0. The minimum Gasteiger partial charge on any atom is -0.378 e. The van der Waals surface area contributed by atoms with E-state index in [0.717, 1.165) is 0 Å².